The number of thiazole rings is 1. The van der Waals surface area contributed by atoms with Gasteiger partial charge in [-0.05, 0) is 71.4 Å². The molecular weight excluding hydrogens is 434 g/mol. The summed E-state index contributed by atoms with van der Waals surface area (Å²) in [6.07, 6.45) is 9.18. The number of nitrogens with zero attached hydrogens (tertiary/aromatic N) is 1. The lowest BCUT2D eigenvalue weighted by Gasteiger charge is -2.29. The second kappa shape index (κ2) is 11.9. The number of hydrogen-bond donors (Lipinski definition) is 1. The first-order valence-corrected chi connectivity index (χ1v) is 12.7. The highest BCUT2D eigenvalue weighted by molar-refractivity contribution is 7.09. The van der Waals surface area contributed by atoms with Crippen LogP contribution in [0.4, 0.5) is 0 Å². The van der Waals surface area contributed by atoms with Crippen molar-refractivity contribution in [1.29, 1.82) is 0 Å². The van der Waals surface area contributed by atoms with E-state index in [9.17, 15) is 14.7 Å². The maximum atomic E-state index is 13.1. The maximum Gasteiger partial charge on any atom is 0.331 e. The first-order chi connectivity index (χ1) is 15.4. The fraction of sp³-hybridized carbons (Fsp3) is 0.593. The van der Waals surface area contributed by atoms with Gasteiger partial charge >= 0.3 is 5.97 Å². The lowest BCUT2D eigenvalue weighted by molar-refractivity contribution is -0.141. The van der Waals surface area contributed by atoms with Crippen LogP contribution in [-0.4, -0.2) is 34.1 Å². The van der Waals surface area contributed by atoms with Gasteiger partial charge in [0.05, 0.1) is 16.8 Å². The summed E-state index contributed by atoms with van der Waals surface area (Å²) >= 11 is 1.58. The van der Waals surface area contributed by atoms with Crippen LogP contribution < -0.4 is 0 Å². The molecule has 1 aliphatic heterocycles. The summed E-state index contributed by atoms with van der Waals surface area (Å²) in [4.78, 5) is 30.2. The van der Waals surface area contributed by atoms with Gasteiger partial charge in [-0.25, -0.2) is 9.78 Å². The van der Waals surface area contributed by atoms with Crippen molar-refractivity contribution in [1.82, 2.24) is 4.98 Å². The van der Waals surface area contributed by atoms with Crippen molar-refractivity contribution < 1.29 is 19.4 Å². The van der Waals surface area contributed by atoms with Crippen LogP contribution in [0.1, 0.15) is 77.9 Å². The van der Waals surface area contributed by atoms with E-state index in [1.54, 1.807) is 38.2 Å². The zero-order chi connectivity index (χ0) is 24.8. The van der Waals surface area contributed by atoms with E-state index in [1.807, 2.05) is 32.2 Å². The zero-order valence-electron chi connectivity index (χ0n) is 21.1. The Labute approximate surface area is 202 Å². The van der Waals surface area contributed by atoms with Crippen LogP contribution in [0, 0.1) is 24.2 Å². The third-order valence-electron chi connectivity index (χ3n) is 6.47. The lowest BCUT2D eigenvalue weighted by Crippen LogP contribution is -2.38. The van der Waals surface area contributed by atoms with Crippen LogP contribution in [0.25, 0.3) is 6.08 Å². The number of rotatable bonds is 2. The molecule has 1 aromatic rings. The molecule has 1 aliphatic rings. The fourth-order valence-electron chi connectivity index (χ4n) is 4.16. The van der Waals surface area contributed by atoms with Gasteiger partial charge in [-0.1, -0.05) is 31.6 Å². The van der Waals surface area contributed by atoms with E-state index in [0.717, 1.165) is 35.5 Å². The van der Waals surface area contributed by atoms with Gasteiger partial charge in [0.25, 0.3) is 0 Å². The van der Waals surface area contributed by atoms with Gasteiger partial charge in [0.1, 0.15) is 11.9 Å². The highest BCUT2D eigenvalue weighted by atomic mass is 32.1. The molecule has 4 atom stereocenters. The van der Waals surface area contributed by atoms with Crippen molar-refractivity contribution in [2.24, 2.45) is 17.3 Å². The predicted molar refractivity (Wildman–Crippen MR) is 135 cm³/mol. The summed E-state index contributed by atoms with van der Waals surface area (Å²) in [6.45, 7) is 13.3. The summed E-state index contributed by atoms with van der Waals surface area (Å²) in [7, 11) is 0. The van der Waals surface area contributed by atoms with Crippen LogP contribution in [0.5, 0.6) is 0 Å². The Morgan fingerprint density at radius 1 is 1.27 bits per heavy atom. The van der Waals surface area contributed by atoms with E-state index in [2.05, 4.69) is 18.0 Å². The molecule has 33 heavy (non-hydrogen) atoms. The van der Waals surface area contributed by atoms with Crippen LogP contribution in [0.3, 0.4) is 0 Å². The number of carbonyl (C=O) groups is 2. The number of aliphatic hydroxyl groups excluding tert-OH is 1. The van der Waals surface area contributed by atoms with Gasteiger partial charge in [-0.3, -0.25) is 4.79 Å². The molecule has 0 fully saturated rings. The van der Waals surface area contributed by atoms with Gasteiger partial charge in [-0.15, -0.1) is 11.3 Å². The van der Waals surface area contributed by atoms with Gasteiger partial charge in [0.15, 0.2) is 0 Å². The second-order valence-corrected chi connectivity index (χ2v) is 11.0. The molecule has 0 amide bonds. The summed E-state index contributed by atoms with van der Waals surface area (Å²) in [6, 6.07) is 0. The Balaban J connectivity index is 2.33. The molecule has 5 nitrogen and oxygen atoms in total. The molecule has 0 saturated carbocycles. The number of Topliss-reactive ketones (excluding diaryl/α,β-unsaturated/α-hetero) is 1. The van der Waals surface area contributed by atoms with Crippen molar-refractivity contribution in [3.05, 3.63) is 45.5 Å². The summed E-state index contributed by atoms with van der Waals surface area (Å²) in [5.41, 5.74) is 2.13. The molecule has 0 radical (unpaired) electrons. The highest BCUT2D eigenvalue weighted by Crippen LogP contribution is 2.29. The first kappa shape index (κ1) is 27.2. The molecule has 1 N–H and O–H groups in total. The molecule has 6 heteroatoms. The van der Waals surface area contributed by atoms with Crippen molar-refractivity contribution in [2.75, 3.05) is 0 Å². The van der Waals surface area contributed by atoms with E-state index in [-0.39, 0.29) is 11.7 Å². The summed E-state index contributed by atoms with van der Waals surface area (Å²) in [5, 5.41) is 13.7. The number of cyclic esters (lactones) is 1. The first-order valence-electron chi connectivity index (χ1n) is 11.8. The second-order valence-electron chi connectivity index (χ2n) is 9.96. The van der Waals surface area contributed by atoms with Gasteiger partial charge in [-0.2, -0.15) is 0 Å². The van der Waals surface area contributed by atoms with Gasteiger partial charge in [0, 0.05) is 29.2 Å². The number of hydrogen-bond acceptors (Lipinski definition) is 6. The number of aliphatic hydroxyl groups is 1. The van der Waals surface area contributed by atoms with Gasteiger partial charge < -0.3 is 9.84 Å². The number of carbonyl (C=O) groups excluding carboxylic acids is 2. The molecule has 2 rings (SSSR count). The Hall–Kier alpha value is -2.05. The van der Waals surface area contributed by atoms with Crippen molar-refractivity contribution in [3.63, 3.8) is 0 Å². The van der Waals surface area contributed by atoms with E-state index < -0.39 is 29.5 Å². The molecular formula is C27H39NO4S. The third kappa shape index (κ3) is 8.04. The average molecular weight is 474 g/mol. The normalized spacial score (nSPS) is 30.9. The highest BCUT2D eigenvalue weighted by Gasteiger charge is 2.35. The monoisotopic (exact) mass is 473 g/mol. The van der Waals surface area contributed by atoms with Crippen LogP contribution >= 0.6 is 11.3 Å². The number of ketones is 1. The number of aromatic nitrogens is 1. The van der Waals surface area contributed by atoms with Crippen molar-refractivity contribution >= 4 is 29.2 Å². The molecule has 0 aromatic carbocycles. The number of esters is 1. The minimum atomic E-state index is -0.884. The molecule has 1 aromatic heterocycles. The van der Waals surface area contributed by atoms with E-state index in [1.165, 1.54) is 11.6 Å². The van der Waals surface area contributed by atoms with Gasteiger partial charge in [0.2, 0.25) is 0 Å². The van der Waals surface area contributed by atoms with Crippen LogP contribution in [0.15, 0.2) is 34.8 Å². The number of ether oxygens (including phenoxy) is 1. The maximum absolute atomic E-state index is 13.1. The minimum Gasteiger partial charge on any atom is -0.454 e. The Bertz CT molecular complexity index is 924. The van der Waals surface area contributed by atoms with E-state index in [0.29, 0.717) is 6.42 Å². The van der Waals surface area contributed by atoms with E-state index in [4.69, 9.17) is 4.74 Å². The van der Waals surface area contributed by atoms with Crippen molar-refractivity contribution in [3.8, 4) is 0 Å². The SMILES string of the molecule is CC(=Cc1csc(C)n1)C1C/C=C(/C)CCC[C@H](C)[C@H](O)[C@@H](C)C(=O)C(C)(C)/C=C/C(=O)O1. The molecule has 1 unspecified atom stereocenters. The average Bonchev–Trinajstić information content (AvgIpc) is 3.17. The Kier molecular flexibility index (Phi) is 9.80. The largest absolute Gasteiger partial charge is 0.454 e. The standard InChI is InChI=1S/C27H39NO4S/c1-17-9-8-10-18(2)25(30)20(4)26(31)27(6,7)14-13-24(29)32-23(12-11-17)19(3)15-22-16-33-21(5)28-22/h11,13-16,18,20,23,25,30H,8-10,12H2,1-7H3/b14-13+,17-11-,19-15?/t18-,20+,23?,25-/m0/s1. The summed E-state index contributed by atoms with van der Waals surface area (Å²) in [5.74, 6) is -1.06. The number of allylic oxidation sites excluding steroid dienone is 2. The van der Waals surface area contributed by atoms with E-state index >= 15 is 0 Å². The molecule has 0 bridgehead atoms. The zero-order valence-corrected chi connectivity index (χ0v) is 21.9. The smallest absolute Gasteiger partial charge is 0.331 e. The third-order valence-corrected chi connectivity index (χ3v) is 7.26. The van der Waals surface area contributed by atoms with Crippen LogP contribution in [0.2, 0.25) is 0 Å². The fourth-order valence-corrected chi connectivity index (χ4v) is 4.73. The predicted octanol–water partition coefficient (Wildman–Crippen LogP) is 6.07. The molecule has 0 saturated heterocycles. The molecule has 2 heterocycles. The minimum absolute atomic E-state index is 0.0221. The Morgan fingerprint density at radius 2 is 1.97 bits per heavy atom. The van der Waals surface area contributed by atoms with Crippen molar-refractivity contribution in [2.45, 2.75) is 86.4 Å². The molecule has 0 aliphatic carbocycles. The molecule has 182 valence electrons. The summed E-state index contributed by atoms with van der Waals surface area (Å²) < 4.78 is 5.81. The van der Waals surface area contributed by atoms with Crippen LogP contribution in [-0.2, 0) is 14.3 Å². The quantitative estimate of drug-likeness (QED) is 0.417. The lowest BCUT2D eigenvalue weighted by atomic mass is 9.76. The molecule has 0 spiro atoms. The Morgan fingerprint density at radius 3 is 2.61 bits per heavy atom. The topological polar surface area (TPSA) is 76.5 Å². The number of aryl methyl sites for hydroxylation is 1.